The minimum absolute atomic E-state index is 0. The van der Waals surface area contributed by atoms with Gasteiger partial charge < -0.3 is 23.8 Å². The van der Waals surface area contributed by atoms with Crippen LogP contribution in [0.1, 0.15) is 13.3 Å². The summed E-state index contributed by atoms with van der Waals surface area (Å²) >= 11 is 1.69. The number of para-hydroxylation sites is 2. The summed E-state index contributed by atoms with van der Waals surface area (Å²) in [5.41, 5.74) is 6.94. The zero-order valence-electron chi connectivity index (χ0n) is 27.4. The van der Waals surface area contributed by atoms with E-state index in [2.05, 4.69) is 52.3 Å². The molecule has 1 unspecified atom stereocenters. The number of rotatable bonds is 11. The van der Waals surface area contributed by atoms with Crippen molar-refractivity contribution in [2.24, 2.45) is 0 Å². The van der Waals surface area contributed by atoms with E-state index < -0.39 is 15.4 Å². The van der Waals surface area contributed by atoms with Gasteiger partial charge in [-0.15, -0.1) is 0 Å². The molecule has 0 radical (unpaired) electrons. The second-order valence-electron chi connectivity index (χ2n) is 11.0. The van der Waals surface area contributed by atoms with Crippen molar-refractivity contribution >= 4 is 50.3 Å². The van der Waals surface area contributed by atoms with Crippen molar-refractivity contribution < 1.29 is 52.0 Å². The fourth-order valence-electron chi connectivity index (χ4n) is 5.86. The first-order chi connectivity index (χ1) is 22.8. The molecule has 0 spiro atoms. The Morgan fingerprint density at radius 3 is 1.85 bits per heavy atom. The molecule has 1 atom stereocenters. The van der Waals surface area contributed by atoms with Crippen LogP contribution in [0.5, 0.6) is 11.5 Å². The fourth-order valence-corrected chi connectivity index (χ4v) is 7.73. The monoisotopic (exact) mass is 686 g/mol. The van der Waals surface area contributed by atoms with Crippen LogP contribution in [0, 0.1) is 0 Å². The van der Waals surface area contributed by atoms with E-state index in [9.17, 15) is 13.0 Å². The van der Waals surface area contributed by atoms with E-state index in [1.54, 1.807) is 39.0 Å². The van der Waals surface area contributed by atoms with E-state index in [1.807, 2.05) is 72.8 Å². The predicted octanol–water partition coefficient (Wildman–Crippen LogP) is 6.33. The van der Waals surface area contributed by atoms with Gasteiger partial charge in [0.2, 0.25) is 0 Å². The van der Waals surface area contributed by atoms with E-state index in [1.165, 1.54) is 6.08 Å². The Bertz CT molecular complexity index is 1940. The first kappa shape index (κ1) is 35.6. The maximum atomic E-state index is 12.1. The molecule has 0 saturated carbocycles. The Balaban J connectivity index is 0.00000451. The van der Waals surface area contributed by atoms with Gasteiger partial charge in [0, 0.05) is 39.0 Å². The molecule has 1 aliphatic heterocycles. The zero-order valence-corrected chi connectivity index (χ0v) is 31.0. The summed E-state index contributed by atoms with van der Waals surface area (Å²) in [6, 6.07) is 38.6. The van der Waals surface area contributed by atoms with Gasteiger partial charge >= 0.3 is 29.6 Å². The average Bonchev–Trinajstić information content (AvgIpc) is 3.10. The summed E-state index contributed by atoms with van der Waals surface area (Å²) in [5, 5.41) is -1.11. The minimum atomic E-state index is -4.50. The molecule has 0 N–H and O–H groups in total. The number of allylic oxidation sites excluding steroid dienone is 1. The third kappa shape index (κ3) is 7.62. The van der Waals surface area contributed by atoms with E-state index in [0.29, 0.717) is 6.54 Å². The zero-order chi connectivity index (χ0) is 33.0. The second-order valence-corrected chi connectivity index (χ2v) is 13.7. The van der Waals surface area contributed by atoms with Gasteiger partial charge in [0.05, 0.1) is 30.8 Å². The van der Waals surface area contributed by atoms with E-state index >= 15 is 0 Å². The van der Waals surface area contributed by atoms with Gasteiger partial charge in [-0.1, -0.05) is 60.3 Å². The first-order valence-corrected chi connectivity index (χ1v) is 17.5. The molecule has 7 nitrogen and oxygen atoms in total. The summed E-state index contributed by atoms with van der Waals surface area (Å²) in [6.07, 6.45) is 3.28. The third-order valence-electron chi connectivity index (χ3n) is 8.16. The van der Waals surface area contributed by atoms with Gasteiger partial charge in [0.25, 0.3) is 0 Å². The Labute approximate surface area is 309 Å². The molecule has 0 aliphatic carbocycles. The van der Waals surface area contributed by atoms with E-state index in [-0.39, 0.29) is 36.0 Å². The number of ether oxygens (including phenoxy) is 2. The van der Waals surface area contributed by atoms with Crippen molar-refractivity contribution in [2.75, 3.05) is 30.6 Å². The topological polar surface area (TPSA) is 82.1 Å². The van der Waals surface area contributed by atoms with Crippen LogP contribution in [0.3, 0.4) is 0 Å². The largest absolute Gasteiger partial charge is 1.00 e. The number of nitrogens with zero attached hydrogens (tertiary/aromatic N) is 2. The molecular formula is C38H35N2NaO5S2. The van der Waals surface area contributed by atoms with Gasteiger partial charge in [-0.25, -0.2) is 8.42 Å². The smallest absolute Gasteiger partial charge is 0.747 e. The molecule has 1 aliphatic rings. The van der Waals surface area contributed by atoms with Crippen molar-refractivity contribution in [3.05, 3.63) is 127 Å². The van der Waals surface area contributed by atoms with Crippen LogP contribution in [-0.2, 0) is 10.1 Å². The Hall–Kier alpha value is -3.70. The first-order valence-electron chi connectivity index (χ1n) is 15.2. The van der Waals surface area contributed by atoms with Crippen molar-refractivity contribution in [2.45, 2.75) is 28.4 Å². The average molecular weight is 687 g/mol. The SMILES string of the molecule is C/C=C/C(CCN1c2ccccc2Sc2cccc(-c3ccc(N(c4ccc(OC)cc4)c4ccc(OC)cc4)cc3)c21)S(=O)(=O)[O-].[Na+]. The van der Waals surface area contributed by atoms with Gasteiger partial charge in [0.1, 0.15) is 21.6 Å². The fraction of sp³-hybridized carbons (Fsp3) is 0.158. The quantitative estimate of drug-likeness (QED) is 0.0907. The molecule has 6 rings (SSSR count). The van der Waals surface area contributed by atoms with Gasteiger partial charge in [-0.2, -0.15) is 0 Å². The number of benzene rings is 5. The summed E-state index contributed by atoms with van der Waals surface area (Å²) in [7, 11) is -1.19. The molecule has 5 aromatic carbocycles. The Morgan fingerprint density at radius 1 is 0.771 bits per heavy atom. The number of hydrogen-bond acceptors (Lipinski definition) is 8. The molecular weight excluding hydrogens is 652 g/mol. The number of hydrogen-bond donors (Lipinski definition) is 0. The van der Waals surface area contributed by atoms with Crippen LogP contribution >= 0.6 is 11.8 Å². The summed E-state index contributed by atoms with van der Waals surface area (Å²) in [5.74, 6) is 1.56. The summed E-state index contributed by atoms with van der Waals surface area (Å²) in [6.45, 7) is 2.09. The molecule has 48 heavy (non-hydrogen) atoms. The Kier molecular flexibility index (Phi) is 11.6. The number of fused-ring (bicyclic) bond motifs is 2. The van der Waals surface area contributed by atoms with Crippen LogP contribution in [-0.4, -0.2) is 39.0 Å². The number of anilines is 5. The van der Waals surface area contributed by atoms with Crippen molar-refractivity contribution in [3.63, 3.8) is 0 Å². The molecule has 5 aromatic rings. The maximum Gasteiger partial charge on any atom is 1.00 e. The second kappa shape index (κ2) is 15.7. The van der Waals surface area contributed by atoms with Gasteiger partial charge in [0.15, 0.2) is 0 Å². The molecule has 0 amide bonds. The van der Waals surface area contributed by atoms with Crippen LogP contribution in [0.4, 0.5) is 28.4 Å². The van der Waals surface area contributed by atoms with Gasteiger partial charge in [-0.05, 0) is 97.8 Å². The van der Waals surface area contributed by atoms with Crippen molar-refractivity contribution in [1.29, 1.82) is 0 Å². The number of methoxy groups -OCH3 is 2. The van der Waals surface area contributed by atoms with E-state index in [0.717, 1.165) is 60.9 Å². The normalized spacial score (nSPS) is 12.9. The Morgan fingerprint density at radius 2 is 1.31 bits per heavy atom. The molecule has 0 fully saturated rings. The van der Waals surface area contributed by atoms with Crippen molar-refractivity contribution in [1.82, 2.24) is 0 Å². The van der Waals surface area contributed by atoms with Crippen molar-refractivity contribution in [3.8, 4) is 22.6 Å². The van der Waals surface area contributed by atoms with Crippen LogP contribution in [0.2, 0.25) is 0 Å². The summed E-state index contributed by atoms with van der Waals surface area (Å²) in [4.78, 5) is 6.48. The molecule has 0 saturated heterocycles. The third-order valence-corrected chi connectivity index (χ3v) is 10.4. The van der Waals surface area contributed by atoms with E-state index in [4.69, 9.17) is 9.47 Å². The molecule has 0 bridgehead atoms. The molecule has 0 aromatic heterocycles. The summed E-state index contributed by atoms with van der Waals surface area (Å²) < 4.78 is 47.1. The maximum absolute atomic E-state index is 12.1. The molecule has 1 heterocycles. The van der Waals surface area contributed by atoms with Crippen LogP contribution in [0.15, 0.2) is 137 Å². The van der Waals surface area contributed by atoms with Gasteiger partial charge in [-0.3, -0.25) is 0 Å². The predicted molar refractivity (Wildman–Crippen MR) is 190 cm³/mol. The molecule has 10 heteroatoms. The molecule has 240 valence electrons. The van der Waals surface area contributed by atoms with Crippen LogP contribution in [0.25, 0.3) is 11.1 Å². The van der Waals surface area contributed by atoms with Crippen LogP contribution < -0.4 is 48.8 Å². The standard InChI is InChI=1S/C38H36N2O5S2.Na/c1-4-8-33(47(41,42)43)25-26-39-35-10-5-6-11-36(35)46-37-12-7-9-34(38(37)39)27-13-15-28(16-14-27)40(29-17-21-31(44-2)22-18-29)30-19-23-32(45-3)24-20-30;/h4-24,33H,25-26H2,1-3H3,(H,41,42,43);/q;+1/p-1/b8-4+;. The minimum Gasteiger partial charge on any atom is -0.747 e.